The van der Waals surface area contributed by atoms with Crippen LogP contribution in [0.3, 0.4) is 0 Å². The Hall–Kier alpha value is -2.92. The molecule has 142 valence electrons. The number of amides is 1. The van der Waals surface area contributed by atoms with Gasteiger partial charge in [-0.2, -0.15) is 0 Å². The van der Waals surface area contributed by atoms with Gasteiger partial charge in [-0.05, 0) is 24.8 Å². The molecule has 2 aromatic rings. The van der Waals surface area contributed by atoms with Crippen molar-refractivity contribution in [3.05, 3.63) is 66.8 Å². The van der Waals surface area contributed by atoms with Crippen molar-refractivity contribution in [2.24, 2.45) is 11.8 Å². The van der Waals surface area contributed by atoms with Gasteiger partial charge < -0.3 is 19.5 Å². The summed E-state index contributed by atoms with van der Waals surface area (Å²) in [6, 6.07) is 13.3. The van der Waals surface area contributed by atoms with E-state index in [4.69, 9.17) is 4.74 Å². The summed E-state index contributed by atoms with van der Waals surface area (Å²) in [5, 5.41) is 13.8. The minimum atomic E-state index is -1.23. The number of carbonyl (C=O) groups excluding carboxylic acids is 2. The van der Waals surface area contributed by atoms with Crippen LogP contribution in [0.1, 0.15) is 13.3 Å². The van der Waals surface area contributed by atoms with E-state index in [1.165, 1.54) is 0 Å². The molecule has 0 saturated carbocycles. The van der Waals surface area contributed by atoms with Crippen molar-refractivity contribution in [3.8, 4) is 0 Å². The van der Waals surface area contributed by atoms with E-state index in [-0.39, 0.29) is 11.9 Å². The Bertz CT molecular complexity index is 1050. The summed E-state index contributed by atoms with van der Waals surface area (Å²) in [6.45, 7) is 5.95. The van der Waals surface area contributed by atoms with Crippen molar-refractivity contribution < 1.29 is 19.4 Å². The molecule has 28 heavy (non-hydrogen) atoms. The van der Waals surface area contributed by atoms with Gasteiger partial charge in [-0.15, -0.1) is 6.58 Å². The third kappa shape index (κ3) is 2.11. The molecule has 2 bridgehead atoms. The molecular formula is C23H20NO4-. The second-order valence-electron chi connectivity index (χ2n) is 8.00. The fraction of sp³-hybridized carbons (Fsp3) is 0.304. The van der Waals surface area contributed by atoms with Crippen LogP contribution in [0.25, 0.3) is 10.8 Å². The van der Waals surface area contributed by atoms with E-state index in [0.29, 0.717) is 6.42 Å². The van der Waals surface area contributed by atoms with Gasteiger partial charge in [0.15, 0.2) is 0 Å². The molecular weight excluding hydrogens is 354 g/mol. The smallest absolute Gasteiger partial charge is 0.234 e. The average Bonchev–Trinajstić information content (AvgIpc) is 3.30. The SMILES string of the molecule is C=C(C)C[C@H]1N(c2cccc3ccccc23)C(=O)[C@H]2[C@H](C(=O)[O-])[C@H]3C=C[C@]21O3. The van der Waals surface area contributed by atoms with E-state index in [1.54, 1.807) is 11.0 Å². The van der Waals surface area contributed by atoms with Crippen LogP contribution in [-0.2, 0) is 14.3 Å². The lowest BCUT2D eigenvalue weighted by atomic mass is 9.74. The number of hydrogen-bond acceptors (Lipinski definition) is 4. The molecule has 3 aliphatic heterocycles. The summed E-state index contributed by atoms with van der Waals surface area (Å²) in [6.07, 6.45) is 3.57. The fourth-order valence-electron chi connectivity index (χ4n) is 5.20. The van der Waals surface area contributed by atoms with E-state index >= 15 is 0 Å². The van der Waals surface area contributed by atoms with E-state index in [9.17, 15) is 14.7 Å². The number of benzene rings is 2. The number of nitrogens with zero attached hydrogens (tertiary/aromatic N) is 1. The highest BCUT2D eigenvalue weighted by molar-refractivity contribution is 6.09. The lowest BCUT2D eigenvalue weighted by molar-refractivity contribution is -0.313. The van der Waals surface area contributed by atoms with Crippen LogP contribution in [0.15, 0.2) is 66.8 Å². The van der Waals surface area contributed by atoms with Crippen LogP contribution < -0.4 is 10.0 Å². The summed E-state index contributed by atoms with van der Waals surface area (Å²) in [7, 11) is 0. The van der Waals surface area contributed by atoms with Gasteiger partial charge in [0.1, 0.15) is 5.60 Å². The predicted octanol–water partition coefficient (Wildman–Crippen LogP) is 2.21. The Morgan fingerprint density at radius 2 is 2.00 bits per heavy atom. The van der Waals surface area contributed by atoms with Crippen molar-refractivity contribution in [3.63, 3.8) is 0 Å². The number of carboxylic acids is 1. The minimum absolute atomic E-state index is 0.219. The van der Waals surface area contributed by atoms with Gasteiger partial charge in [0.05, 0.1) is 23.8 Å². The molecule has 3 aliphatic rings. The molecule has 0 aromatic heterocycles. The summed E-state index contributed by atoms with van der Waals surface area (Å²) in [5.74, 6) is -3.20. The second kappa shape index (κ2) is 5.79. The number of hydrogen-bond donors (Lipinski definition) is 0. The van der Waals surface area contributed by atoms with Gasteiger partial charge in [0, 0.05) is 17.3 Å². The Balaban J connectivity index is 1.71. The Morgan fingerprint density at radius 3 is 2.75 bits per heavy atom. The van der Waals surface area contributed by atoms with Crippen LogP contribution in [0.5, 0.6) is 0 Å². The van der Waals surface area contributed by atoms with Gasteiger partial charge in [0.2, 0.25) is 5.91 Å². The Morgan fingerprint density at radius 1 is 1.25 bits per heavy atom. The maximum Gasteiger partial charge on any atom is 0.234 e. The van der Waals surface area contributed by atoms with Crippen LogP contribution in [0.2, 0.25) is 0 Å². The zero-order valence-corrected chi connectivity index (χ0v) is 15.5. The average molecular weight is 374 g/mol. The number of rotatable bonds is 4. The normalized spacial score (nSPS) is 32.9. The molecule has 3 heterocycles. The third-order valence-corrected chi connectivity index (χ3v) is 6.26. The second-order valence-corrected chi connectivity index (χ2v) is 8.00. The molecule has 0 aliphatic carbocycles. The molecule has 5 nitrogen and oxygen atoms in total. The van der Waals surface area contributed by atoms with Crippen LogP contribution in [0, 0.1) is 11.8 Å². The van der Waals surface area contributed by atoms with Crippen molar-refractivity contribution in [2.45, 2.75) is 31.1 Å². The summed E-state index contributed by atoms with van der Waals surface area (Å²) in [5.41, 5.74) is 0.730. The van der Waals surface area contributed by atoms with Crippen LogP contribution in [-0.4, -0.2) is 29.6 Å². The van der Waals surface area contributed by atoms with E-state index in [2.05, 4.69) is 6.58 Å². The standard InChI is InChI=1S/C23H21NO4/c1-13(2)12-18-23-11-10-17(28-23)19(22(26)27)20(23)21(25)24(18)16-9-5-7-14-6-3-4-8-15(14)16/h3-11,17-20H,1,12H2,2H3,(H,26,27)/p-1/t17-,18-,19-,20-,23-/m1/s1. The summed E-state index contributed by atoms with van der Waals surface area (Å²) < 4.78 is 6.17. The molecule has 1 amide bonds. The van der Waals surface area contributed by atoms with Gasteiger partial charge in [0.25, 0.3) is 0 Å². The van der Waals surface area contributed by atoms with Crippen LogP contribution in [0.4, 0.5) is 5.69 Å². The molecule has 0 radical (unpaired) electrons. The minimum Gasteiger partial charge on any atom is -0.550 e. The van der Waals surface area contributed by atoms with E-state index in [0.717, 1.165) is 22.0 Å². The molecule has 2 saturated heterocycles. The van der Waals surface area contributed by atoms with Crippen molar-refractivity contribution in [1.82, 2.24) is 0 Å². The lowest BCUT2D eigenvalue weighted by Gasteiger charge is -2.34. The Labute approximate surface area is 162 Å². The number of anilines is 1. The third-order valence-electron chi connectivity index (χ3n) is 6.26. The van der Waals surface area contributed by atoms with Crippen molar-refractivity contribution in [1.29, 1.82) is 0 Å². The first-order valence-electron chi connectivity index (χ1n) is 9.47. The topological polar surface area (TPSA) is 69.7 Å². The monoisotopic (exact) mass is 374 g/mol. The number of ether oxygens (including phenoxy) is 1. The highest BCUT2D eigenvalue weighted by Gasteiger charge is 2.69. The van der Waals surface area contributed by atoms with Crippen LogP contribution >= 0.6 is 0 Å². The molecule has 5 heteroatoms. The maximum atomic E-state index is 13.6. The zero-order chi connectivity index (χ0) is 19.6. The Kier molecular flexibility index (Phi) is 3.55. The van der Waals surface area contributed by atoms with Crippen molar-refractivity contribution >= 4 is 28.3 Å². The number of carboxylic acid groups (broad SMARTS) is 1. The first kappa shape index (κ1) is 17.2. The van der Waals surface area contributed by atoms with Gasteiger partial charge >= 0.3 is 0 Å². The zero-order valence-electron chi connectivity index (χ0n) is 15.5. The number of carbonyl (C=O) groups is 2. The van der Waals surface area contributed by atoms with E-state index < -0.39 is 29.5 Å². The van der Waals surface area contributed by atoms with Crippen molar-refractivity contribution in [2.75, 3.05) is 4.90 Å². The quantitative estimate of drug-likeness (QED) is 0.770. The number of fused-ring (bicyclic) bond motifs is 2. The summed E-state index contributed by atoms with van der Waals surface area (Å²) in [4.78, 5) is 27.2. The summed E-state index contributed by atoms with van der Waals surface area (Å²) >= 11 is 0. The first-order valence-corrected chi connectivity index (χ1v) is 9.47. The molecule has 5 rings (SSSR count). The fourth-order valence-corrected chi connectivity index (χ4v) is 5.20. The lowest BCUT2D eigenvalue weighted by Crippen LogP contribution is -2.46. The maximum absolute atomic E-state index is 13.6. The van der Waals surface area contributed by atoms with E-state index in [1.807, 2.05) is 55.5 Å². The molecule has 2 fully saturated rings. The van der Waals surface area contributed by atoms with Gasteiger partial charge in [-0.3, -0.25) is 4.79 Å². The molecule has 5 atom stereocenters. The molecule has 0 unspecified atom stereocenters. The first-order chi connectivity index (χ1) is 13.4. The largest absolute Gasteiger partial charge is 0.550 e. The van der Waals surface area contributed by atoms with Gasteiger partial charge in [-0.25, -0.2) is 0 Å². The number of aliphatic carboxylic acids is 1. The highest BCUT2D eigenvalue weighted by atomic mass is 16.5. The van der Waals surface area contributed by atoms with Gasteiger partial charge in [-0.1, -0.05) is 54.1 Å². The molecule has 0 N–H and O–H groups in total. The molecule has 1 spiro atoms. The highest BCUT2D eigenvalue weighted by Crippen LogP contribution is 2.57. The molecule has 2 aromatic carbocycles. The predicted molar refractivity (Wildman–Crippen MR) is 103 cm³/mol.